The van der Waals surface area contributed by atoms with E-state index < -0.39 is 0 Å². The Morgan fingerprint density at radius 2 is 1.48 bits per heavy atom. The molecule has 21 heavy (non-hydrogen) atoms. The Hall–Kier alpha value is -2.22. The smallest absolute Gasteiger partial charge is 0.285 e. The minimum atomic E-state index is -0.0575. The van der Waals surface area contributed by atoms with Crippen molar-refractivity contribution >= 4 is 5.57 Å². The van der Waals surface area contributed by atoms with Crippen LogP contribution in [-0.2, 0) is 5.41 Å². The van der Waals surface area contributed by atoms with Gasteiger partial charge in [0.1, 0.15) is 5.75 Å². The zero-order valence-electron chi connectivity index (χ0n) is 13.1. The molecule has 0 saturated heterocycles. The molecule has 0 aliphatic heterocycles. The molecule has 2 heteroatoms. The molecule has 0 unspecified atom stereocenters. The maximum absolute atomic E-state index is 10.3. The summed E-state index contributed by atoms with van der Waals surface area (Å²) >= 11 is 0. The molecule has 0 spiro atoms. The van der Waals surface area contributed by atoms with Gasteiger partial charge in [0.05, 0.1) is 0 Å². The van der Waals surface area contributed by atoms with Crippen molar-refractivity contribution in [2.24, 2.45) is 0 Å². The lowest BCUT2D eigenvalue weighted by Gasteiger charge is -2.22. The Balaban J connectivity index is 2.35. The maximum atomic E-state index is 10.3. The first-order chi connectivity index (χ1) is 9.89. The van der Waals surface area contributed by atoms with Gasteiger partial charge in [-0.1, -0.05) is 69.3 Å². The van der Waals surface area contributed by atoms with Gasteiger partial charge in [-0.25, -0.2) is 0 Å². The highest BCUT2D eigenvalue weighted by Crippen LogP contribution is 2.32. The van der Waals surface area contributed by atoms with Crippen molar-refractivity contribution in [3.05, 3.63) is 71.7 Å². The van der Waals surface area contributed by atoms with E-state index in [-0.39, 0.29) is 11.4 Å². The van der Waals surface area contributed by atoms with Crippen LogP contribution in [0.25, 0.3) is 5.57 Å². The molecule has 0 aliphatic rings. The van der Waals surface area contributed by atoms with Crippen molar-refractivity contribution in [3.8, 4) is 5.75 Å². The van der Waals surface area contributed by atoms with E-state index in [1.54, 1.807) is 0 Å². The molecule has 2 aromatic carbocycles. The van der Waals surface area contributed by atoms with Gasteiger partial charge >= 0.3 is 0 Å². The van der Waals surface area contributed by atoms with Crippen molar-refractivity contribution < 1.29 is 9.84 Å². The van der Waals surface area contributed by atoms with Crippen molar-refractivity contribution in [1.82, 2.24) is 0 Å². The van der Waals surface area contributed by atoms with Crippen LogP contribution in [0.1, 0.15) is 38.8 Å². The van der Waals surface area contributed by atoms with Gasteiger partial charge in [-0.3, -0.25) is 0 Å². The van der Waals surface area contributed by atoms with Gasteiger partial charge in [-0.05, 0) is 24.0 Å². The quantitative estimate of drug-likeness (QED) is 0.773. The zero-order valence-corrected chi connectivity index (χ0v) is 13.1. The fraction of sp³-hybridized carbons (Fsp3) is 0.263. The second-order valence-corrected chi connectivity index (χ2v) is 6.14. The lowest BCUT2D eigenvalue weighted by molar-refractivity contribution is 0.208. The average molecular weight is 282 g/mol. The number of rotatable bonds is 3. The largest absolute Gasteiger partial charge is 0.480 e. The minimum absolute atomic E-state index is 0.0441. The molecule has 2 aromatic rings. The molecule has 0 bridgehead atoms. The Morgan fingerprint density at radius 3 is 2.10 bits per heavy atom. The van der Waals surface area contributed by atoms with Gasteiger partial charge in [0.2, 0.25) is 0 Å². The van der Waals surface area contributed by atoms with Gasteiger partial charge in [-0.2, -0.15) is 0 Å². The number of para-hydroxylation sites is 1. The number of benzene rings is 2. The number of allylic oxidation sites excluding steroid dienone is 1. The van der Waals surface area contributed by atoms with E-state index in [0.717, 1.165) is 16.7 Å². The summed E-state index contributed by atoms with van der Waals surface area (Å²) in [6, 6.07) is 17.5. The third-order valence-corrected chi connectivity index (χ3v) is 3.43. The summed E-state index contributed by atoms with van der Waals surface area (Å²) < 4.78 is 5.72. The number of hydrogen-bond donors (Lipinski definition) is 1. The summed E-state index contributed by atoms with van der Waals surface area (Å²) in [6.45, 7) is 8.23. The van der Waals surface area contributed by atoms with Crippen LogP contribution in [-0.4, -0.2) is 5.11 Å². The van der Waals surface area contributed by atoms with E-state index in [1.807, 2.05) is 61.5 Å². The molecule has 0 radical (unpaired) electrons. The van der Waals surface area contributed by atoms with Crippen molar-refractivity contribution in [2.75, 3.05) is 0 Å². The fourth-order valence-electron chi connectivity index (χ4n) is 2.17. The Labute approximate surface area is 126 Å². The summed E-state index contributed by atoms with van der Waals surface area (Å²) in [6.07, 6.45) is 0. The first kappa shape index (κ1) is 15.2. The maximum Gasteiger partial charge on any atom is 0.285 e. The van der Waals surface area contributed by atoms with Gasteiger partial charge in [0, 0.05) is 11.1 Å². The normalized spacial score (nSPS) is 12.8. The van der Waals surface area contributed by atoms with Crippen LogP contribution in [0.4, 0.5) is 0 Å². The summed E-state index contributed by atoms with van der Waals surface area (Å²) in [5.74, 6) is 0.635. The molecule has 0 amide bonds. The number of aliphatic hydroxyl groups is 1. The Kier molecular flexibility index (Phi) is 4.37. The van der Waals surface area contributed by atoms with E-state index in [2.05, 4.69) is 20.8 Å². The van der Waals surface area contributed by atoms with E-state index in [1.165, 1.54) is 0 Å². The first-order valence-corrected chi connectivity index (χ1v) is 7.12. The van der Waals surface area contributed by atoms with Gasteiger partial charge in [0.25, 0.3) is 5.95 Å². The minimum Gasteiger partial charge on any atom is -0.480 e. The van der Waals surface area contributed by atoms with E-state index in [0.29, 0.717) is 5.75 Å². The number of aliphatic hydroxyl groups excluding tert-OH is 1. The van der Waals surface area contributed by atoms with Crippen LogP contribution in [0.15, 0.2) is 60.5 Å². The highest BCUT2D eigenvalue weighted by atomic mass is 16.6. The molecular weight excluding hydrogens is 260 g/mol. The molecule has 2 nitrogen and oxygen atoms in total. The highest BCUT2D eigenvalue weighted by molar-refractivity contribution is 5.64. The van der Waals surface area contributed by atoms with Crippen LogP contribution >= 0.6 is 0 Å². The summed E-state index contributed by atoms with van der Waals surface area (Å²) in [5, 5.41) is 10.3. The van der Waals surface area contributed by atoms with Crippen LogP contribution in [0.5, 0.6) is 5.75 Å². The molecule has 0 fully saturated rings. The lowest BCUT2D eigenvalue weighted by Crippen LogP contribution is -2.13. The number of ether oxygens (including phenoxy) is 1. The Bertz CT molecular complexity index is 634. The fourth-order valence-corrected chi connectivity index (χ4v) is 2.17. The monoisotopic (exact) mass is 282 g/mol. The summed E-state index contributed by atoms with van der Waals surface area (Å²) in [5.41, 5.74) is 2.69. The molecule has 0 heterocycles. The zero-order chi connectivity index (χ0) is 15.5. The third kappa shape index (κ3) is 3.66. The van der Waals surface area contributed by atoms with Gasteiger partial charge in [-0.15, -0.1) is 0 Å². The lowest BCUT2D eigenvalue weighted by atomic mass is 9.86. The molecule has 1 N–H and O–H groups in total. The van der Waals surface area contributed by atoms with Gasteiger partial charge in [0.15, 0.2) is 0 Å². The van der Waals surface area contributed by atoms with Crippen molar-refractivity contribution in [2.45, 2.75) is 33.1 Å². The SMILES string of the molecule is C/C(=C(/O)Oc1ccccc1C(C)(C)C)c1ccccc1. The van der Waals surface area contributed by atoms with Crippen LogP contribution in [0.3, 0.4) is 0 Å². The second-order valence-electron chi connectivity index (χ2n) is 6.14. The molecule has 110 valence electrons. The predicted molar refractivity (Wildman–Crippen MR) is 87.4 cm³/mol. The first-order valence-electron chi connectivity index (χ1n) is 7.12. The summed E-state index contributed by atoms with van der Waals surface area (Å²) in [4.78, 5) is 0. The molecule has 0 saturated carbocycles. The second kappa shape index (κ2) is 6.04. The Morgan fingerprint density at radius 1 is 0.905 bits per heavy atom. The van der Waals surface area contributed by atoms with Crippen LogP contribution < -0.4 is 4.74 Å². The number of hydrogen-bond acceptors (Lipinski definition) is 2. The molecule has 2 rings (SSSR count). The van der Waals surface area contributed by atoms with Crippen LogP contribution in [0.2, 0.25) is 0 Å². The van der Waals surface area contributed by atoms with Gasteiger partial charge < -0.3 is 9.84 Å². The predicted octanol–water partition coefficient (Wildman–Crippen LogP) is 5.31. The molecule has 0 aliphatic carbocycles. The van der Waals surface area contributed by atoms with E-state index in [4.69, 9.17) is 4.74 Å². The molecular formula is C19H22O2. The van der Waals surface area contributed by atoms with E-state index >= 15 is 0 Å². The topological polar surface area (TPSA) is 29.5 Å². The van der Waals surface area contributed by atoms with Crippen molar-refractivity contribution in [3.63, 3.8) is 0 Å². The standard InChI is InChI=1S/C19H22O2/c1-14(15-10-6-5-7-11-15)18(20)21-17-13-9-8-12-16(17)19(2,3)4/h5-13,20H,1-4H3/b18-14+. The van der Waals surface area contributed by atoms with Crippen LogP contribution in [0, 0.1) is 0 Å². The third-order valence-electron chi connectivity index (χ3n) is 3.43. The average Bonchev–Trinajstić information content (AvgIpc) is 2.47. The van der Waals surface area contributed by atoms with Crippen molar-refractivity contribution in [1.29, 1.82) is 0 Å². The highest BCUT2D eigenvalue weighted by Gasteiger charge is 2.19. The van der Waals surface area contributed by atoms with E-state index in [9.17, 15) is 5.11 Å². The summed E-state index contributed by atoms with van der Waals surface area (Å²) in [7, 11) is 0. The molecule has 0 atom stereocenters. The molecule has 0 aromatic heterocycles.